The average Bonchev–Trinajstić information content (AvgIpc) is 2.73. The van der Waals surface area contributed by atoms with Gasteiger partial charge in [0, 0.05) is 18.0 Å². The number of hydrogen-bond donors (Lipinski definition) is 1. The molecule has 0 amide bonds. The van der Waals surface area contributed by atoms with Crippen LogP contribution in [0, 0.1) is 11.8 Å². The van der Waals surface area contributed by atoms with Gasteiger partial charge in [0.25, 0.3) is 0 Å². The number of hydrogen-bond acceptors (Lipinski definition) is 4. The summed E-state index contributed by atoms with van der Waals surface area (Å²) in [7, 11) is 0. The fraction of sp³-hybridized carbons (Fsp3) is 0.818. The summed E-state index contributed by atoms with van der Waals surface area (Å²) in [4.78, 5) is 0. The molecule has 0 aliphatic heterocycles. The highest BCUT2D eigenvalue weighted by Gasteiger charge is 2.26. The molecule has 1 aliphatic rings. The minimum Gasteiger partial charge on any atom is -0.308 e. The molecule has 0 radical (unpaired) electrons. The van der Waals surface area contributed by atoms with Crippen molar-refractivity contribution in [2.75, 3.05) is 0 Å². The van der Waals surface area contributed by atoms with Gasteiger partial charge in [0.2, 0.25) is 0 Å². The maximum Gasteiger partial charge on any atom is 0.0893 e. The second-order valence-electron chi connectivity index (χ2n) is 4.65. The Kier molecular flexibility index (Phi) is 3.70. The quantitative estimate of drug-likeness (QED) is 0.858. The van der Waals surface area contributed by atoms with Gasteiger partial charge in [-0.05, 0) is 29.8 Å². The summed E-state index contributed by atoms with van der Waals surface area (Å²) in [6.45, 7) is 5.60. The van der Waals surface area contributed by atoms with Gasteiger partial charge in [-0.1, -0.05) is 31.2 Å². The van der Waals surface area contributed by atoms with Crippen molar-refractivity contribution in [2.45, 2.75) is 45.7 Å². The first kappa shape index (κ1) is 11.0. The lowest BCUT2D eigenvalue weighted by atomic mass is 9.78. The summed E-state index contributed by atoms with van der Waals surface area (Å²) in [5.74, 6) is 1.63. The van der Waals surface area contributed by atoms with Crippen LogP contribution in [0.25, 0.3) is 0 Å². The number of nitrogens with zero attached hydrogens (tertiary/aromatic N) is 2. The fourth-order valence-corrected chi connectivity index (χ4v) is 2.82. The van der Waals surface area contributed by atoms with Crippen LogP contribution >= 0.6 is 11.5 Å². The van der Waals surface area contributed by atoms with E-state index in [1.165, 1.54) is 30.8 Å². The van der Waals surface area contributed by atoms with Crippen molar-refractivity contribution >= 4 is 11.5 Å². The van der Waals surface area contributed by atoms with E-state index in [2.05, 4.69) is 28.8 Å². The van der Waals surface area contributed by atoms with E-state index >= 15 is 0 Å². The van der Waals surface area contributed by atoms with Gasteiger partial charge < -0.3 is 5.32 Å². The monoisotopic (exact) mass is 225 g/mol. The molecule has 1 N–H and O–H groups in total. The third-order valence-corrected chi connectivity index (χ3v) is 4.21. The van der Waals surface area contributed by atoms with Crippen molar-refractivity contribution < 1.29 is 0 Å². The summed E-state index contributed by atoms with van der Waals surface area (Å²) in [5.41, 5.74) is 1.07. The molecule has 2 rings (SSSR count). The van der Waals surface area contributed by atoms with Crippen LogP contribution in [0.1, 0.15) is 38.8 Å². The Morgan fingerprint density at radius 2 is 2.33 bits per heavy atom. The third-order valence-electron chi connectivity index (χ3n) is 3.66. The molecule has 0 bridgehead atoms. The van der Waals surface area contributed by atoms with E-state index in [0.29, 0.717) is 6.04 Å². The number of aromatic nitrogens is 2. The predicted octanol–water partition coefficient (Wildman–Crippen LogP) is 2.45. The molecule has 1 saturated carbocycles. The van der Waals surface area contributed by atoms with Crippen LogP contribution < -0.4 is 5.32 Å². The van der Waals surface area contributed by atoms with Crippen LogP contribution in [-0.4, -0.2) is 15.6 Å². The van der Waals surface area contributed by atoms with E-state index in [1.807, 2.05) is 5.38 Å². The van der Waals surface area contributed by atoms with Crippen LogP contribution in [0.5, 0.6) is 0 Å². The number of rotatable bonds is 3. The lowest BCUT2D eigenvalue weighted by Crippen LogP contribution is -2.40. The van der Waals surface area contributed by atoms with Gasteiger partial charge in [0.15, 0.2) is 0 Å². The Balaban J connectivity index is 1.83. The topological polar surface area (TPSA) is 37.8 Å². The van der Waals surface area contributed by atoms with Crippen molar-refractivity contribution in [3.8, 4) is 0 Å². The highest BCUT2D eigenvalue weighted by Crippen LogP contribution is 2.29. The van der Waals surface area contributed by atoms with Gasteiger partial charge in [0.1, 0.15) is 0 Å². The highest BCUT2D eigenvalue weighted by atomic mass is 32.1. The van der Waals surface area contributed by atoms with Crippen molar-refractivity contribution in [3.05, 3.63) is 11.1 Å². The zero-order valence-corrected chi connectivity index (χ0v) is 10.3. The molecule has 1 aromatic rings. The van der Waals surface area contributed by atoms with Gasteiger partial charge >= 0.3 is 0 Å². The van der Waals surface area contributed by atoms with Crippen LogP contribution in [-0.2, 0) is 6.54 Å². The van der Waals surface area contributed by atoms with Crippen molar-refractivity contribution in [1.82, 2.24) is 14.9 Å². The molecule has 0 spiro atoms. The van der Waals surface area contributed by atoms with Gasteiger partial charge in [-0.2, -0.15) is 0 Å². The van der Waals surface area contributed by atoms with E-state index in [-0.39, 0.29) is 0 Å². The van der Waals surface area contributed by atoms with Gasteiger partial charge in [-0.3, -0.25) is 0 Å². The van der Waals surface area contributed by atoms with E-state index in [9.17, 15) is 0 Å². The summed E-state index contributed by atoms with van der Waals surface area (Å²) >= 11 is 1.43. The maximum atomic E-state index is 4.05. The molecule has 1 fully saturated rings. The molecular weight excluding hydrogens is 206 g/mol. The summed E-state index contributed by atoms with van der Waals surface area (Å²) in [6, 6.07) is 0.662. The molecule has 1 aliphatic carbocycles. The number of nitrogens with one attached hydrogen (secondary N) is 1. The minimum absolute atomic E-state index is 0.662. The summed E-state index contributed by atoms with van der Waals surface area (Å²) in [6.07, 6.45) is 4.05. The second kappa shape index (κ2) is 5.03. The van der Waals surface area contributed by atoms with Crippen molar-refractivity contribution in [1.29, 1.82) is 0 Å². The molecule has 0 unspecified atom stereocenters. The molecule has 1 heterocycles. The van der Waals surface area contributed by atoms with Crippen LogP contribution in [0.3, 0.4) is 0 Å². The van der Waals surface area contributed by atoms with Crippen molar-refractivity contribution in [3.63, 3.8) is 0 Å². The summed E-state index contributed by atoms with van der Waals surface area (Å²) in [5, 5.41) is 9.68. The molecule has 1 aromatic heterocycles. The van der Waals surface area contributed by atoms with Gasteiger partial charge in [-0.15, -0.1) is 5.10 Å². The molecule has 0 saturated heterocycles. The van der Waals surface area contributed by atoms with E-state index in [0.717, 1.165) is 24.1 Å². The van der Waals surface area contributed by atoms with E-state index < -0.39 is 0 Å². The predicted molar refractivity (Wildman–Crippen MR) is 62.7 cm³/mol. The first-order valence-electron chi connectivity index (χ1n) is 5.76. The van der Waals surface area contributed by atoms with Crippen LogP contribution in [0.15, 0.2) is 5.38 Å². The van der Waals surface area contributed by atoms with Gasteiger partial charge in [-0.25, -0.2) is 0 Å². The van der Waals surface area contributed by atoms with Crippen LogP contribution in [0.4, 0.5) is 0 Å². The zero-order chi connectivity index (χ0) is 10.7. The maximum absolute atomic E-state index is 4.05. The van der Waals surface area contributed by atoms with Crippen LogP contribution in [0.2, 0.25) is 0 Å². The molecule has 3 nitrogen and oxygen atoms in total. The smallest absolute Gasteiger partial charge is 0.0893 e. The molecule has 15 heavy (non-hydrogen) atoms. The Labute approximate surface area is 95.4 Å². The van der Waals surface area contributed by atoms with E-state index in [4.69, 9.17) is 0 Å². The molecule has 3 atom stereocenters. The second-order valence-corrected chi connectivity index (χ2v) is 5.26. The lowest BCUT2D eigenvalue weighted by molar-refractivity contribution is 0.205. The molecule has 84 valence electrons. The highest BCUT2D eigenvalue weighted by molar-refractivity contribution is 7.03. The van der Waals surface area contributed by atoms with Crippen molar-refractivity contribution in [2.24, 2.45) is 11.8 Å². The Hall–Kier alpha value is -0.480. The minimum atomic E-state index is 0.662. The first-order chi connectivity index (χ1) is 7.27. The standard InChI is InChI=1S/C11H19N3S/c1-8-4-3-5-11(9(8)2)12-6-10-7-15-14-13-10/h7-9,11-12H,3-6H2,1-2H3/t8-,9-,11-/m1/s1. The zero-order valence-electron chi connectivity index (χ0n) is 9.44. The molecule has 4 heteroatoms. The Morgan fingerprint density at radius 3 is 3.07 bits per heavy atom. The molecule has 0 aromatic carbocycles. The Morgan fingerprint density at radius 1 is 1.47 bits per heavy atom. The third kappa shape index (κ3) is 2.75. The average molecular weight is 225 g/mol. The largest absolute Gasteiger partial charge is 0.308 e. The van der Waals surface area contributed by atoms with E-state index in [1.54, 1.807) is 0 Å². The van der Waals surface area contributed by atoms with Gasteiger partial charge in [0.05, 0.1) is 5.69 Å². The fourth-order valence-electron chi connectivity index (χ4n) is 2.37. The molecular formula is C11H19N3S. The normalized spacial score (nSPS) is 31.7. The SMILES string of the molecule is C[C@@H]1[C@H](C)CCC[C@H]1NCc1csnn1. The first-order valence-corrected chi connectivity index (χ1v) is 6.60. The summed E-state index contributed by atoms with van der Waals surface area (Å²) < 4.78 is 3.87. The lowest BCUT2D eigenvalue weighted by Gasteiger charge is -2.34. The Bertz CT molecular complexity index is 286.